The van der Waals surface area contributed by atoms with Crippen LogP contribution in [0, 0.1) is 5.92 Å². The molecular formula is C30H44N6O4S. The van der Waals surface area contributed by atoms with Crippen molar-refractivity contribution in [2.75, 3.05) is 62.6 Å². The molecule has 1 aromatic heterocycles. The van der Waals surface area contributed by atoms with Crippen LogP contribution in [0.4, 0.5) is 17.5 Å². The first-order chi connectivity index (χ1) is 19.7. The molecule has 3 aliphatic rings. The molecule has 3 heterocycles. The maximum atomic E-state index is 13.2. The number of rotatable bonds is 10. The van der Waals surface area contributed by atoms with Crippen LogP contribution in [0.2, 0.25) is 0 Å². The van der Waals surface area contributed by atoms with E-state index in [1.54, 1.807) is 6.20 Å². The summed E-state index contributed by atoms with van der Waals surface area (Å²) in [6, 6.07) is 8.75. The van der Waals surface area contributed by atoms with Gasteiger partial charge in [0.05, 0.1) is 12.4 Å². The molecule has 41 heavy (non-hydrogen) atoms. The molecule has 0 spiro atoms. The third kappa shape index (κ3) is 7.48. The van der Waals surface area contributed by atoms with E-state index in [1.165, 1.54) is 6.26 Å². The summed E-state index contributed by atoms with van der Waals surface area (Å²) in [6.07, 6.45) is 10.1. The van der Waals surface area contributed by atoms with Crippen LogP contribution in [0.15, 0.2) is 30.5 Å². The van der Waals surface area contributed by atoms with Crippen LogP contribution in [0.3, 0.4) is 0 Å². The normalized spacial score (nSPS) is 21.7. The van der Waals surface area contributed by atoms with Gasteiger partial charge in [0.2, 0.25) is 11.9 Å². The predicted octanol–water partition coefficient (Wildman–Crippen LogP) is 3.51. The molecule has 10 nitrogen and oxygen atoms in total. The first kappa shape index (κ1) is 29.6. The Morgan fingerprint density at radius 3 is 2.54 bits per heavy atom. The van der Waals surface area contributed by atoms with E-state index in [9.17, 15) is 13.2 Å². The number of fused-ring (bicyclic) bond motifs is 1. The summed E-state index contributed by atoms with van der Waals surface area (Å²) < 4.78 is 28.8. The third-order valence-corrected chi connectivity index (χ3v) is 9.77. The Kier molecular flexibility index (Phi) is 9.33. The summed E-state index contributed by atoms with van der Waals surface area (Å²) in [5, 5.41) is 3.53. The number of sulfone groups is 1. The van der Waals surface area contributed by atoms with E-state index in [2.05, 4.69) is 45.2 Å². The van der Waals surface area contributed by atoms with E-state index in [-0.39, 0.29) is 17.7 Å². The highest BCUT2D eigenvalue weighted by Crippen LogP contribution is 2.39. The topological polar surface area (TPSA) is 108 Å². The van der Waals surface area contributed by atoms with Gasteiger partial charge in [-0.15, -0.1) is 0 Å². The minimum absolute atomic E-state index is 0.124. The highest BCUT2D eigenvalue weighted by molar-refractivity contribution is 7.90. The number of hydrogen-bond acceptors (Lipinski definition) is 9. The Morgan fingerprint density at radius 1 is 1.07 bits per heavy atom. The van der Waals surface area contributed by atoms with Gasteiger partial charge in [0.1, 0.15) is 21.4 Å². The van der Waals surface area contributed by atoms with Crippen molar-refractivity contribution in [1.29, 1.82) is 0 Å². The summed E-state index contributed by atoms with van der Waals surface area (Å²) >= 11 is 0. The van der Waals surface area contributed by atoms with E-state index in [0.29, 0.717) is 30.9 Å². The van der Waals surface area contributed by atoms with Crippen molar-refractivity contribution in [2.24, 2.45) is 5.92 Å². The molecule has 5 rings (SSSR count). The highest BCUT2D eigenvalue weighted by atomic mass is 32.2. The predicted molar refractivity (Wildman–Crippen MR) is 162 cm³/mol. The molecule has 2 aromatic rings. The lowest BCUT2D eigenvalue weighted by Gasteiger charge is -2.38. The highest BCUT2D eigenvalue weighted by Gasteiger charge is 2.32. The number of ether oxygens (including phenoxy) is 1. The number of hydrogen-bond donors (Lipinski definition) is 1. The van der Waals surface area contributed by atoms with Gasteiger partial charge in [-0.2, -0.15) is 4.98 Å². The van der Waals surface area contributed by atoms with Crippen molar-refractivity contribution in [1.82, 2.24) is 19.8 Å². The molecule has 1 saturated heterocycles. The Labute approximate surface area is 244 Å². The Morgan fingerprint density at radius 2 is 1.83 bits per heavy atom. The van der Waals surface area contributed by atoms with Crippen LogP contribution in [-0.4, -0.2) is 98.5 Å². The number of aromatic nitrogens is 2. The molecule has 1 amide bonds. The number of nitrogens with one attached hydrogen (secondary N) is 1. The largest absolute Gasteiger partial charge is 0.493 e. The molecule has 1 saturated carbocycles. The van der Waals surface area contributed by atoms with Gasteiger partial charge in [0.25, 0.3) is 0 Å². The van der Waals surface area contributed by atoms with Gasteiger partial charge < -0.3 is 24.8 Å². The average Bonchev–Trinajstić information content (AvgIpc) is 3.40. The van der Waals surface area contributed by atoms with E-state index < -0.39 is 9.84 Å². The molecule has 2 fully saturated rings. The van der Waals surface area contributed by atoms with Crippen LogP contribution in [0.5, 0.6) is 5.75 Å². The fourth-order valence-electron chi connectivity index (χ4n) is 6.38. The van der Waals surface area contributed by atoms with Crippen molar-refractivity contribution >= 4 is 33.2 Å². The van der Waals surface area contributed by atoms with E-state index in [0.717, 1.165) is 87.4 Å². The number of carbonyl (C=O) groups is 1. The fourth-order valence-corrected chi connectivity index (χ4v) is 7.02. The zero-order valence-corrected chi connectivity index (χ0v) is 25.4. The Bertz CT molecular complexity index is 1300. The summed E-state index contributed by atoms with van der Waals surface area (Å²) in [5.74, 6) is 2.84. The smallest absolute Gasteiger partial charge is 0.225 e. The lowest BCUT2D eigenvalue weighted by Crippen LogP contribution is -2.47. The maximum Gasteiger partial charge on any atom is 0.225 e. The van der Waals surface area contributed by atoms with Gasteiger partial charge >= 0.3 is 0 Å². The molecule has 2 aliphatic heterocycles. The SMILES string of the molecule is CN(C)C1CCN(C(=O)C2CCC(Nc3nccc(N4CCc5c(OCCCS(C)(=O)=O)cccc54)n3)CC2)CC1. The minimum Gasteiger partial charge on any atom is -0.493 e. The van der Waals surface area contributed by atoms with Crippen molar-refractivity contribution in [3.8, 4) is 5.75 Å². The summed E-state index contributed by atoms with van der Waals surface area (Å²) in [5.41, 5.74) is 2.18. The second-order valence-electron chi connectivity index (χ2n) is 11.9. The summed E-state index contributed by atoms with van der Waals surface area (Å²) in [6.45, 7) is 2.90. The quantitative estimate of drug-likeness (QED) is 0.420. The monoisotopic (exact) mass is 584 g/mol. The number of anilines is 3. The van der Waals surface area contributed by atoms with E-state index in [4.69, 9.17) is 9.72 Å². The second-order valence-corrected chi connectivity index (χ2v) is 14.2. The van der Waals surface area contributed by atoms with Crippen molar-refractivity contribution in [3.05, 3.63) is 36.0 Å². The molecule has 0 radical (unpaired) electrons. The van der Waals surface area contributed by atoms with Crippen molar-refractivity contribution in [2.45, 2.75) is 63.5 Å². The molecule has 11 heteroatoms. The van der Waals surface area contributed by atoms with Gasteiger partial charge in [0, 0.05) is 61.3 Å². The van der Waals surface area contributed by atoms with Crippen LogP contribution >= 0.6 is 0 Å². The Balaban J connectivity index is 1.14. The van der Waals surface area contributed by atoms with Crippen molar-refractivity contribution in [3.63, 3.8) is 0 Å². The van der Waals surface area contributed by atoms with Gasteiger partial charge in [-0.05, 0) is 83.7 Å². The number of carbonyl (C=O) groups excluding carboxylic acids is 1. The lowest BCUT2D eigenvalue weighted by atomic mass is 9.84. The van der Waals surface area contributed by atoms with Crippen LogP contribution in [-0.2, 0) is 21.1 Å². The van der Waals surface area contributed by atoms with Crippen LogP contribution in [0.25, 0.3) is 0 Å². The van der Waals surface area contributed by atoms with E-state index >= 15 is 0 Å². The number of amides is 1. The zero-order valence-electron chi connectivity index (χ0n) is 24.6. The average molecular weight is 585 g/mol. The van der Waals surface area contributed by atoms with Crippen LogP contribution in [0.1, 0.15) is 50.5 Å². The molecule has 224 valence electrons. The van der Waals surface area contributed by atoms with E-state index in [1.807, 2.05) is 18.2 Å². The number of nitrogens with zero attached hydrogens (tertiary/aromatic N) is 5. The molecule has 0 bridgehead atoms. The molecule has 0 unspecified atom stereocenters. The number of piperidine rings is 1. The van der Waals surface area contributed by atoms with Gasteiger partial charge in [0.15, 0.2) is 0 Å². The molecule has 0 atom stereocenters. The van der Waals surface area contributed by atoms with Crippen LogP contribution < -0.4 is 15.0 Å². The number of likely N-dealkylation sites (tertiary alicyclic amines) is 1. The molecule has 1 aromatic carbocycles. The molecular weight excluding hydrogens is 540 g/mol. The fraction of sp³-hybridized carbons (Fsp3) is 0.633. The second kappa shape index (κ2) is 12.9. The van der Waals surface area contributed by atoms with Gasteiger partial charge in [-0.1, -0.05) is 6.07 Å². The first-order valence-electron chi connectivity index (χ1n) is 14.9. The first-order valence-corrected chi connectivity index (χ1v) is 17.0. The lowest BCUT2D eigenvalue weighted by molar-refractivity contribution is -0.138. The summed E-state index contributed by atoms with van der Waals surface area (Å²) in [7, 11) is 1.26. The van der Waals surface area contributed by atoms with Gasteiger partial charge in [-0.25, -0.2) is 13.4 Å². The number of benzene rings is 1. The summed E-state index contributed by atoms with van der Waals surface area (Å²) in [4.78, 5) is 29.0. The standard InChI is InChI=1S/C30H44N6O4S/c1-34(2)24-13-17-35(18-14-24)29(37)22-8-10-23(11-9-22)32-30-31-16-12-28(33-30)36-19-15-25-26(36)6-4-7-27(25)40-20-5-21-41(3,38)39/h4,6-7,12,16,22-24H,5,8-11,13-15,17-21H2,1-3H3,(H,31,32,33). The van der Waals surface area contributed by atoms with Gasteiger partial charge in [-0.3, -0.25) is 4.79 Å². The van der Waals surface area contributed by atoms with Crippen molar-refractivity contribution < 1.29 is 17.9 Å². The minimum atomic E-state index is -2.99. The maximum absolute atomic E-state index is 13.2. The Hall–Kier alpha value is -2.92. The third-order valence-electron chi connectivity index (χ3n) is 8.74. The molecule has 1 N–H and O–H groups in total. The molecule has 1 aliphatic carbocycles. The zero-order chi connectivity index (χ0) is 29.0.